The third kappa shape index (κ3) is 1.61. The van der Waals surface area contributed by atoms with Crippen LogP contribution in [0.5, 0.6) is 0 Å². The van der Waals surface area contributed by atoms with Crippen molar-refractivity contribution >= 4 is 16.7 Å². The summed E-state index contributed by atoms with van der Waals surface area (Å²) in [5, 5.41) is 0.933. The molecule has 0 spiro atoms. The number of aromatic nitrogens is 2. The van der Waals surface area contributed by atoms with Crippen molar-refractivity contribution in [3.05, 3.63) is 66.1 Å². The van der Waals surface area contributed by atoms with Gasteiger partial charge in [0.2, 0.25) is 5.78 Å². The summed E-state index contributed by atoms with van der Waals surface area (Å²) in [7, 11) is 0. The molecule has 0 unspecified atom stereocenters. The van der Waals surface area contributed by atoms with Crippen LogP contribution in [0, 0.1) is 0 Å². The predicted octanol–water partition coefficient (Wildman–Crippen LogP) is 2.79. The van der Waals surface area contributed by atoms with Gasteiger partial charge in [-0.25, -0.2) is 0 Å². The highest BCUT2D eigenvalue weighted by Crippen LogP contribution is 2.19. The molecule has 0 amide bonds. The second-order valence-electron chi connectivity index (χ2n) is 3.79. The fourth-order valence-corrected chi connectivity index (χ4v) is 1.89. The molecule has 2 aromatic heterocycles. The normalized spacial score (nSPS) is 10.6. The van der Waals surface area contributed by atoms with E-state index in [-0.39, 0.29) is 5.78 Å². The van der Waals surface area contributed by atoms with Crippen molar-refractivity contribution in [1.82, 2.24) is 9.97 Å². The summed E-state index contributed by atoms with van der Waals surface area (Å²) in [6, 6.07) is 13.1. The van der Waals surface area contributed by atoms with Gasteiger partial charge in [0.1, 0.15) is 5.69 Å². The average molecular weight is 222 g/mol. The zero-order chi connectivity index (χ0) is 11.7. The number of pyridine rings is 1. The molecule has 1 N–H and O–H groups in total. The minimum absolute atomic E-state index is 0.0527. The Bertz CT molecular complexity index is 671. The monoisotopic (exact) mass is 222 g/mol. The molecule has 0 aliphatic heterocycles. The maximum absolute atomic E-state index is 12.2. The van der Waals surface area contributed by atoms with Crippen LogP contribution in [0.15, 0.2) is 54.9 Å². The van der Waals surface area contributed by atoms with Gasteiger partial charge in [0.05, 0.1) is 0 Å². The molecule has 0 atom stereocenters. The van der Waals surface area contributed by atoms with Crippen molar-refractivity contribution in [1.29, 1.82) is 0 Å². The van der Waals surface area contributed by atoms with Gasteiger partial charge in [-0.1, -0.05) is 24.3 Å². The molecular formula is C14H10N2O. The quantitative estimate of drug-likeness (QED) is 0.677. The van der Waals surface area contributed by atoms with E-state index in [1.54, 1.807) is 24.5 Å². The van der Waals surface area contributed by atoms with Crippen molar-refractivity contribution in [3.63, 3.8) is 0 Å². The molecule has 0 aliphatic carbocycles. The molecule has 0 aliphatic rings. The smallest absolute Gasteiger partial charge is 0.213 e. The fourth-order valence-electron chi connectivity index (χ4n) is 1.89. The van der Waals surface area contributed by atoms with E-state index in [0.29, 0.717) is 11.3 Å². The topological polar surface area (TPSA) is 45.8 Å². The number of ketones is 1. The molecule has 3 rings (SSSR count). The van der Waals surface area contributed by atoms with E-state index >= 15 is 0 Å². The van der Waals surface area contributed by atoms with Crippen LogP contribution >= 0.6 is 0 Å². The van der Waals surface area contributed by atoms with Gasteiger partial charge in [-0.3, -0.25) is 9.78 Å². The molecule has 0 bridgehead atoms. The van der Waals surface area contributed by atoms with Gasteiger partial charge in [0.15, 0.2) is 0 Å². The lowest BCUT2D eigenvalue weighted by Gasteiger charge is -1.97. The Balaban J connectivity index is 2.14. The molecule has 17 heavy (non-hydrogen) atoms. The number of aromatic amines is 1. The van der Waals surface area contributed by atoms with E-state index in [1.807, 2.05) is 30.3 Å². The van der Waals surface area contributed by atoms with Crippen molar-refractivity contribution in [2.75, 3.05) is 0 Å². The summed E-state index contributed by atoms with van der Waals surface area (Å²) >= 11 is 0. The van der Waals surface area contributed by atoms with Crippen LogP contribution in [0.3, 0.4) is 0 Å². The highest BCUT2D eigenvalue weighted by molar-refractivity contribution is 6.15. The first-order chi connectivity index (χ1) is 8.36. The molecule has 1 aromatic carbocycles. The Morgan fingerprint density at radius 1 is 1.06 bits per heavy atom. The Morgan fingerprint density at radius 3 is 2.71 bits per heavy atom. The van der Waals surface area contributed by atoms with Crippen LogP contribution < -0.4 is 0 Å². The van der Waals surface area contributed by atoms with Crippen molar-refractivity contribution < 1.29 is 4.79 Å². The number of hydrogen-bond acceptors (Lipinski definition) is 2. The van der Waals surface area contributed by atoms with E-state index < -0.39 is 0 Å². The molecule has 3 heteroatoms. The number of rotatable bonds is 2. The highest BCUT2D eigenvalue weighted by Gasteiger charge is 2.14. The number of nitrogens with zero attached hydrogens (tertiary/aromatic N) is 1. The molecule has 3 nitrogen and oxygen atoms in total. The zero-order valence-corrected chi connectivity index (χ0v) is 9.05. The van der Waals surface area contributed by atoms with Gasteiger partial charge < -0.3 is 4.98 Å². The standard InChI is InChI=1S/C14H10N2O/c17-14(13-7-3-4-8-15-13)11-9-16-12-6-2-1-5-10(11)12/h1-9,16H. The molecule has 0 radical (unpaired) electrons. The molecule has 82 valence electrons. The number of H-pyrrole nitrogens is 1. The number of para-hydroxylation sites is 1. The third-order valence-electron chi connectivity index (χ3n) is 2.73. The minimum Gasteiger partial charge on any atom is -0.360 e. The lowest BCUT2D eigenvalue weighted by molar-refractivity contribution is 0.103. The maximum atomic E-state index is 12.2. The number of nitrogens with one attached hydrogen (secondary N) is 1. The predicted molar refractivity (Wildman–Crippen MR) is 66.0 cm³/mol. The van der Waals surface area contributed by atoms with E-state index in [0.717, 1.165) is 10.9 Å². The molecule has 0 saturated heterocycles. The van der Waals surface area contributed by atoms with Gasteiger partial charge in [0.25, 0.3) is 0 Å². The van der Waals surface area contributed by atoms with Crippen LogP contribution in [0.25, 0.3) is 10.9 Å². The molecule has 3 aromatic rings. The summed E-state index contributed by atoms with van der Waals surface area (Å²) < 4.78 is 0. The first-order valence-electron chi connectivity index (χ1n) is 5.38. The Labute approximate surface area is 98.1 Å². The Hall–Kier alpha value is -2.42. The number of hydrogen-bond donors (Lipinski definition) is 1. The highest BCUT2D eigenvalue weighted by atomic mass is 16.1. The van der Waals surface area contributed by atoms with Crippen LogP contribution in [0.2, 0.25) is 0 Å². The van der Waals surface area contributed by atoms with Crippen LogP contribution in [0.4, 0.5) is 0 Å². The molecule has 0 saturated carbocycles. The third-order valence-corrected chi connectivity index (χ3v) is 2.73. The van der Waals surface area contributed by atoms with Gasteiger partial charge >= 0.3 is 0 Å². The van der Waals surface area contributed by atoms with Crippen molar-refractivity contribution in [3.8, 4) is 0 Å². The second kappa shape index (κ2) is 3.87. The van der Waals surface area contributed by atoms with E-state index in [1.165, 1.54) is 0 Å². The second-order valence-corrected chi connectivity index (χ2v) is 3.79. The Kier molecular flexibility index (Phi) is 2.22. The average Bonchev–Trinajstić information content (AvgIpc) is 2.83. The lowest BCUT2D eigenvalue weighted by Crippen LogP contribution is -2.02. The maximum Gasteiger partial charge on any atom is 0.213 e. The summed E-state index contributed by atoms with van der Waals surface area (Å²) in [6.07, 6.45) is 3.36. The van der Waals surface area contributed by atoms with Crippen molar-refractivity contribution in [2.45, 2.75) is 0 Å². The summed E-state index contributed by atoms with van der Waals surface area (Å²) in [6.45, 7) is 0. The van der Waals surface area contributed by atoms with Gasteiger partial charge in [0, 0.05) is 28.9 Å². The number of carbonyl (C=O) groups excluding carboxylic acids is 1. The largest absolute Gasteiger partial charge is 0.360 e. The number of benzene rings is 1. The van der Waals surface area contributed by atoms with Gasteiger partial charge in [-0.05, 0) is 18.2 Å². The SMILES string of the molecule is O=C(c1ccccn1)c1c[nH]c2ccccc12. The summed E-state index contributed by atoms with van der Waals surface area (Å²) in [5.41, 5.74) is 2.10. The molecule has 0 fully saturated rings. The first-order valence-corrected chi connectivity index (χ1v) is 5.38. The van der Waals surface area contributed by atoms with Gasteiger partial charge in [-0.2, -0.15) is 0 Å². The Morgan fingerprint density at radius 2 is 1.88 bits per heavy atom. The van der Waals surface area contributed by atoms with Crippen LogP contribution in [-0.4, -0.2) is 15.8 Å². The number of fused-ring (bicyclic) bond motifs is 1. The molecular weight excluding hydrogens is 212 g/mol. The molecule has 2 heterocycles. The zero-order valence-electron chi connectivity index (χ0n) is 9.05. The summed E-state index contributed by atoms with van der Waals surface area (Å²) in [4.78, 5) is 19.4. The lowest BCUT2D eigenvalue weighted by atomic mass is 10.1. The van der Waals surface area contributed by atoms with E-state index in [4.69, 9.17) is 0 Å². The number of carbonyl (C=O) groups is 1. The minimum atomic E-state index is -0.0527. The fraction of sp³-hybridized carbons (Fsp3) is 0. The van der Waals surface area contributed by atoms with Crippen LogP contribution in [-0.2, 0) is 0 Å². The van der Waals surface area contributed by atoms with Gasteiger partial charge in [-0.15, -0.1) is 0 Å². The first kappa shape index (κ1) is 9.78. The van der Waals surface area contributed by atoms with Crippen molar-refractivity contribution in [2.24, 2.45) is 0 Å². The van der Waals surface area contributed by atoms with E-state index in [9.17, 15) is 4.79 Å². The summed E-state index contributed by atoms with van der Waals surface area (Å²) in [5.74, 6) is -0.0527. The van der Waals surface area contributed by atoms with Crippen LogP contribution in [0.1, 0.15) is 16.1 Å². The van der Waals surface area contributed by atoms with E-state index in [2.05, 4.69) is 9.97 Å².